The van der Waals surface area contributed by atoms with Crippen molar-refractivity contribution in [3.8, 4) is 55.3 Å². The molecule has 2 saturated carbocycles. The first-order chi connectivity index (χ1) is 31.1. The lowest BCUT2D eigenvalue weighted by atomic mass is 9.78. The van der Waals surface area contributed by atoms with Crippen molar-refractivity contribution in [2.45, 2.75) is 75.4 Å². The highest BCUT2D eigenvalue weighted by Gasteiger charge is 2.49. The van der Waals surface area contributed by atoms with Crippen LogP contribution < -0.4 is 9.47 Å². The summed E-state index contributed by atoms with van der Waals surface area (Å²) in [7, 11) is 0. The lowest BCUT2D eigenvalue weighted by molar-refractivity contribution is 0.0258. The number of thiophene rings is 4. The zero-order chi connectivity index (χ0) is 43.8. The van der Waals surface area contributed by atoms with Crippen LogP contribution in [0, 0.1) is 45.3 Å². The molecule has 0 radical (unpaired) electrons. The van der Waals surface area contributed by atoms with Gasteiger partial charge in [-0.1, -0.05) is 12.8 Å². The summed E-state index contributed by atoms with van der Waals surface area (Å²) in [6, 6.07) is 17.4. The van der Waals surface area contributed by atoms with Gasteiger partial charge in [0.1, 0.15) is 35.5 Å². The van der Waals surface area contributed by atoms with E-state index in [2.05, 4.69) is 12.1 Å². The summed E-state index contributed by atoms with van der Waals surface area (Å²) in [5, 5.41) is 38.4. The minimum atomic E-state index is -0.596. The number of rotatable bonds is 2. The number of hydrogen-bond acceptors (Lipinski definition) is 14. The van der Waals surface area contributed by atoms with E-state index in [1.165, 1.54) is 46.9 Å². The summed E-state index contributed by atoms with van der Waals surface area (Å²) in [6.45, 7) is 0. The summed E-state index contributed by atoms with van der Waals surface area (Å²) in [5.41, 5.74) is 1.71. The highest BCUT2D eigenvalue weighted by atomic mass is 32.1. The van der Waals surface area contributed by atoms with Crippen molar-refractivity contribution < 1.29 is 28.7 Å². The predicted molar refractivity (Wildman–Crippen MR) is 242 cm³/mol. The van der Waals surface area contributed by atoms with Crippen LogP contribution in [0.1, 0.15) is 149 Å². The summed E-state index contributed by atoms with van der Waals surface area (Å²) in [4.78, 5) is 60.3. The number of fused-ring (bicyclic) bond motifs is 13. The van der Waals surface area contributed by atoms with Crippen molar-refractivity contribution in [3.63, 3.8) is 0 Å². The third kappa shape index (κ3) is 5.29. The van der Waals surface area contributed by atoms with Crippen molar-refractivity contribution in [1.29, 1.82) is 21.0 Å². The molecule has 2 fully saturated rings. The molecule has 0 atom stereocenters. The maximum Gasteiger partial charge on any atom is 0.197 e. The van der Waals surface area contributed by atoms with Gasteiger partial charge in [0.05, 0.1) is 62.3 Å². The molecule has 4 aromatic heterocycles. The summed E-state index contributed by atoms with van der Waals surface area (Å²) < 4.78 is 16.6. The van der Waals surface area contributed by atoms with Gasteiger partial charge in [-0.2, -0.15) is 21.0 Å². The van der Waals surface area contributed by atoms with Crippen LogP contribution >= 0.6 is 45.3 Å². The van der Waals surface area contributed by atoms with Crippen LogP contribution in [0.15, 0.2) is 47.5 Å². The molecule has 6 heterocycles. The molecule has 0 N–H and O–H groups in total. The Kier molecular flexibility index (Phi) is 8.41. The van der Waals surface area contributed by atoms with E-state index in [-0.39, 0.29) is 55.7 Å². The molecule has 6 aliphatic rings. The number of ether oxygens (including phenoxy) is 2. The number of carbonyl (C=O) groups excluding carboxylic acids is 4. The fraction of sp³-hybridized carbons (Fsp3) is 0.240. The zero-order valence-corrected chi connectivity index (χ0v) is 36.8. The number of ketones is 4. The maximum atomic E-state index is 13.7. The summed E-state index contributed by atoms with van der Waals surface area (Å²) in [5.74, 6) is -0.212. The molecule has 0 amide bonds. The van der Waals surface area contributed by atoms with Crippen molar-refractivity contribution in [3.05, 3.63) is 113 Å². The SMILES string of the molecule is N#Cc1cc2c(cc1C#N)C(=O)C(=Cc1cc3c(s1)-c1sc4c5c(sc4c1OC31CCCCC1)-c1sc(C=C3C(=O)c4cc(C#N)c(C#N)cc4C3=O)cc1C1(CCCCC1)O5)C2=O. The number of carbonyl (C=O) groups is 4. The van der Waals surface area contributed by atoms with Gasteiger partial charge in [-0.05, 0) is 99.9 Å². The van der Waals surface area contributed by atoms with Gasteiger partial charge in [-0.15, -0.1) is 45.3 Å². The molecule has 4 aliphatic carbocycles. The number of hydrogen-bond donors (Lipinski definition) is 0. The Bertz CT molecular complexity index is 3160. The van der Waals surface area contributed by atoms with Crippen molar-refractivity contribution in [2.24, 2.45) is 0 Å². The number of nitrogens with zero attached hydrogens (tertiary/aromatic N) is 4. The first kappa shape index (κ1) is 38.9. The van der Waals surface area contributed by atoms with Crippen molar-refractivity contribution in [1.82, 2.24) is 0 Å². The average molecular weight is 909 g/mol. The molecular weight excluding hydrogens is 881 g/mol. The Labute approximate surface area is 381 Å². The normalized spacial score (nSPS) is 18.2. The largest absolute Gasteiger partial charge is 0.479 e. The van der Waals surface area contributed by atoms with E-state index in [9.17, 15) is 40.2 Å². The second-order valence-electron chi connectivity index (χ2n) is 17.0. The number of Topliss-reactive ketones (excluding diaryl/α,β-unsaturated/α-hetero) is 4. The van der Waals surface area contributed by atoms with Gasteiger partial charge in [0.15, 0.2) is 34.6 Å². The predicted octanol–water partition coefficient (Wildman–Crippen LogP) is 11.9. The Morgan fingerprint density at radius 1 is 0.453 bits per heavy atom. The Morgan fingerprint density at radius 3 is 1.09 bits per heavy atom. The van der Waals surface area contributed by atoms with Gasteiger partial charge in [-0.3, -0.25) is 19.2 Å². The lowest BCUT2D eigenvalue weighted by Crippen LogP contribution is -2.37. The first-order valence-electron chi connectivity index (χ1n) is 20.9. The lowest BCUT2D eigenvalue weighted by Gasteiger charge is -2.41. The van der Waals surface area contributed by atoms with Crippen LogP contribution in [0.3, 0.4) is 0 Å². The van der Waals surface area contributed by atoms with Crippen LogP contribution in [0.25, 0.3) is 41.1 Å². The molecule has 2 spiro atoms. The smallest absolute Gasteiger partial charge is 0.197 e. The fourth-order valence-corrected chi connectivity index (χ4v) is 15.8. The van der Waals surface area contributed by atoms with Crippen LogP contribution in [0.4, 0.5) is 0 Å². The molecule has 64 heavy (non-hydrogen) atoms. The van der Waals surface area contributed by atoms with Crippen LogP contribution in [0.2, 0.25) is 0 Å². The first-order valence-corrected chi connectivity index (χ1v) is 24.2. The van der Waals surface area contributed by atoms with Gasteiger partial charge < -0.3 is 9.47 Å². The molecule has 12 rings (SSSR count). The van der Waals surface area contributed by atoms with E-state index in [0.717, 1.165) is 125 Å². The Morgan fingerprint density at radius 2 is 0.781 bits per heavy atom. The molecule has 2 aromatic carbocycles. The van der Waals surface area contributed by atoms with Crippen LogP contribution in [-0.2, 0) is 11.2 Å². The molecule has 0 unspecified atom stereocenters. The van der Waals surface area contributed by atoms with Gasteiger partial charge in [0, 0.05) is 43.1 Å². The van der Waals surface area contributed by atoms with E-state index >= 15 is 0 Å². The molecule has 308 valence electrons. The highest BCUT2D eigenvalue weighted by molar-refractivity contribution is 7.35. The highest BCUT2D eigenvalue weighted by Crippen LogP contribution is 2.66. The zero-order valence-electron chi connectivity index (χ0n) is 33.6. The van der Waals surface area contributed by atoms with Crippen molar-refractivity contribution in [2.75, 3.05) is 0 Å². The topological polar surface area (TPSA) is 182 Å². The quantitative estimate of drug-likeness (QED) is 0.120. The van der Waals surface area contributed by atoms with Gasteiger partial charge >= 0.3 is 0 Å². The van der Waals surface area contributed by atoms with E-state index < -0.39 is 34.3 Å². The minimum absolute atomic E-state index is 0.00747. The number of benzene rings is 2. The van der Waals surface area contributed by atoms with Crippen molar-refractivity contribution >= 4 is 90.0 Å². The third-order valence-electron chi connectivity index (χ3n) is 13.6. The number of allylic oxidation sites excluding steroid dienone is 2. The van der Waals surface area contributed by atoms with Gasteiger partial charge in [-0.25, -0.2) is 0 Å². The average Bonchev–Trinajstić information content (AvgIpc) is 4.17. The molecule has 10 nitrogen and oxygen atoms in total. The molecule has 6 aromatic rings. The number of nitriles is 4. The minimum Gasteiger partial charge on any atom is -0.479 e. The van der Waals surface area contributed by atoms with Crippen LogP contribution in [-0.4, -0.2) is 23.1 Å². The standard InChI is InChI=1S/C50H28N4O6S4/c51-19-23-11-29-30(12-24(23)20-52)38(56)33(37(29)55)15-27-17-35-43(61-27)45-41(59-49(35)7-3-1-4-8-49)47-48(63-45)42-46(64-47)44-36(50(60-42)9-5-2-6-10-50)18-28(62-44)16-34-39(57)31-13-25(21-53)26(22-54)14-32(31)40(34)58/h11-18H,1-10H2. The molecule has 2 aliphatic heterocycles. The summed E-state index contributed by atoms with van der Waals surface area (Å²) >= 11 is 6.33. The van der Waals surface area contributed by atoms with E-state index in [0.29, 0.717) is 0 Å². The second kappa shape index (κ2) is 13.9. The monoisotopic (exact) mass is 908 g/mol. The maximum absolute atomic E-state index is 13.7. The summed E-state index contributed by atoms with van der Waals surface area (Å²) in [6.07, 6.45) is 12.7. The van der Waals surface area contributed by atoms with E-state index in [4.69, 9.17) is 9.47 Å². The van der Waals surface area contributed by atoms with E-state index in [1.54, 1.807) is 34.8 Å². The Hall–Kier alpha value is -6.78. The molecule has 0 bridgehead atoms. The fourth-order valence-electron chi connectivity index (χ4n) is 10.5. The molecule has 0 saturated heterocycles. The third-order valence-corrected chi connectivity index (χ3v) is 18.5. The Balaban J connectivity index is 0.973. The van der Waals surface area contributed by atoms with Crippen LogP contribution in [0.5, 0.6) is 11.5 Å². The van der Waals surface area contributed by atoms with Gasteiger partial charge in [0.25, 0.3) is 0 Å². The second-order valence-corrected chi connectivity index (χ2v) is 21.3. The van der Waals surface area contributed by atoms with E-state index in [1.807, 2.05) is 24.3 Å². The molecule has 14 heteroatoms. The van der Waals surface area contributed by atoms with Gasteiger partial charge in [0.2, 0.25) is 0 Å². The molecular formula is C50H28N4O6S4.